The second-order valence-corrected chi connectivity index (χ2v) is 4.60. The Kier molecular flexibility index (Phi) is 2.25. The topological polar surface area (TPSA) is 39.2 Å². The lowest BCUT2D eigenvalue weighted by Gasteiger charge is -1.99. The summed E-state index contributed by atoms with van der Waals surface area (Å²) in [6.07, 6.45) is 3.65. The zero-order valence-electron chi connectivity index (χ0n) is 9.62. The van der Waals surface area contributed by atoms with Gasteiger partial charge < -0.3 is 10.2 Å². The first-order valence-electron chi connectivity index (χ1n) is 6.07. The maximum Gasteiger partial charge on any atom is 0.134 e. The molecule has 0 atom stereocenters. The highest BCUT2D eigenvalue weighted by atomic mass is 16.3. The molecule has 0 aliphatic heterocycles. The van der Waals surface area contributed by atoms with Crippen molar-refractivity contribution >= 4 is 11.0 Å². The van der Waals surface area contributed by atoms with Crippen molar-refractivity contribution in [2.75, 3.05) is 0 Å². The monoisotopic (exact) mass is 215 g/mol. The van der Waals surface area contributed by atoms with Crippen LogP contribution in [0.4, 0.5) is 0 Å². The van der Waals surface area contributed by atoms with E-state index >= 15 is 0 Å². The fourth-order valence-corrected chi connectivity index (χ4v) is 2.41. The molecule has 0 unspecified atom stereocenters. The summed E-state index contributed by atoms with van der Waals surface area (Å²) >= 11 is 0. The van der Waals surface area contributed by atoms with E-state index in [1.165, 1.54) is 29.4 Å². The summed E-state index contributed by atoms with van der Waals surface area (Å²) in [7, 11) is 0. The third-order valence-corrected chi connectivity index (χ3v) is 3.45. The summed E-state index contributed by atoms with van der Waals surface area (Å²) in [5, 5.41) is 1.29. The molecule has 1 heterocycles. The lowest BCUT2D eigenvalue weighted by atomic mass is 10.0. The summed E-state index contributed by atoms with van der Waals surface area (Å²) in [6.45, 7) is 2.70. The standard InChI is InChI=1S/C14H17NO/c1-2-9-3-6-12-11(7-9)14(10-4-5-10)13(8-15)16-12/h3,6-7,10H,2,4-5,8,15H2,1H3. The van der Waals surface area contributed by atoms with Crippen LogP contribution in [0.2, 0.25) is 0 Å². The quantitative estimate of drug-likeness (QED) is 0.853. The predicted octanol–water partition coefficient (Wildman–Crippen LogP) is 3.33. The molecule has 84 valence electrons. The molecule has 2 heteroatoms. The molecule has 1 saturated carbocycles. The van der Waals surface area contributed by atoms with Crippen molar-refractivity contribution in [2.24, 2.45) is 5.73 Å². The van der Waals surface area contributed by atoms with Gasteiger partial charge in [0, 0.05) is 10.9 Å². The number of nitrogens with two attached hydrogens (primary N) is 1. The highest BCUT2D eigenvalue weighted by Crippen LogP contribution is 2.46. The van der Waals surface area contributed by atoms with Crippen molar-refractivity contribution in [3.63, 3.8) is 0 Å². The zero-order valence-corrected chi connectivity index (χ0v) is 9.62. The highest BCUT2D eigenvalue weighted by molar-refractivity contribution is 5.84. The lowest BCUT2D eigenvalue weighted by molar-refractivity contribution is 0.545. The smallest absolute Gasteiger partial charge is 0.134 e. The van der Waals surface area contributed by atoms with Crippen LogP contribution >= 0.6 is 0 Å². The molecule has 0 spiro atoms. The van der Waals surface area contributed by atoms with E-state index in [0.29, 0.717) is 12.5 Å². The van der Waals surface area contributed by atoms with Crippen molar-refractivity contribution in [2.45, 2.75) is 38.6 Å². The van der Waals surface area contributed by atoms with Crippen LogP contribution < -0.4 is 5.73 Å². The molecule has 0 amide bonds. The zero-order chi connectivity index (χ0) is 11.1. The molecular weight excluding hydrogens is 198 g/mol. The van der Waals surface area contributed by atoms with Crippen LogP contribution in [-0.4, -0.2) is 0 Å². The van der Waals surface area contributed by atoms with Crippen molar-refractivity contribution in [3.05, 3.63) is 35.1 Å². The Balaban J connectivity index is 2.24. The maximum absolute atomic E-state index is 5.82. The van der Waals surface area contributed by atoms with E-state index in [1.807, 2.05) is 0 Å². The molecular formula is C14H17NO. The Hall–Kier alpha value is -1.28. The number of fused-ring (bicyclic) bond motifs is 1. The van der Waals surface area contributed by atoms with Crippen LogP contribution in [0.3, 0.4) is 0 Å². The molecule has 2 nitrogen and oxygen atoms in total. The Morgan fingerprint density at radius 3 is 2.81 bits per heavy atom. The summed E-state index contributed by atoms with van der Waals surface area (Å²) in [5.74, 6) is 1.69. The molecule has 0 saturated heterocycles. The van der Waals surface area contributed by atoms with E-state index in [4.69, 9.17) is 10.2 Å². The molecule has 2 N–H and O–H groups in total. The van der Waals surface area contributed by atoms with Crippen molar-refractivity contribution in [1.29, 1.82) is 0 Å². The number of hydrogen-bond acceptors (Lipinski definition) is 2. The van der Waals surface area contributed by atoms with E-state index in [-0.39, 0.29) is 0 Å². The van der Waals surface area contributed by atoms with E-state index in [1.54, 1.807) is 0 Å². The molecule has 1 aromatic carbocycles. The van der Waals surface area contributed by atoms with Gasteiger partial charge in [0.1, 0.15) is 11.3 Å². The van der Waals surface area contributed by atoms with Crippen molar-refractivity contribution in [3.8, 4) is 0 Å². The van der Waals surface area contributed by atoms with Crippen LogP contribution in [-0.2, 0) is 13.0 Å². The van der Waals surface area contributed by atoms with Gasteiger partial charge in [0.25, 0.3) is 0 Å². The van der Waals surface area contributed by atoms with Gasteiger partial charge in [0.05, 0.1) is 6.54 Å². The van der Waals surface area contributed by atoms with E-state index in [2.05, 4.69) is 25.1 Å². The molecule has 16 heavy (non-hydrogen) atoms. The molecule has 2 aromatic rings. The minimum atomic E-state index is 0.516. The van der Waals surface area contributed by atoms with Crippen LogP contribution in [0, 0.1) is 0 Å². The van der Waals surface area contributed by atoms with Gasteiger partial charge in [-0.2, -0.15) is 0 Å². The van der Waals surface area contributed by atoms with Crippen molar-refractivity contribution < 1.29 is 4.42 Å². The second-order valence-electron chi connectivity index (χ2n) is 4.60. The van der Waals surface area contributed by atoms with Crippen molar-refractivity contribution in [1.82, 2.24) is 0 Å². The van der Waals surface area contributed by atoms with Gasteiger partial charge in [-0.25, -0.2) is 0 Å². The fourth-order valence-electron chi connectivity index (χ4n) is 2.41. The van der Waals surface area contributed by atoms with Crippen LogP contribution in [0.25, 0.3) is 11.0 Å². The first-order chi connectivity index (χ1) is 7.83. The van der Waals surface area contributed by atoms with Crippen LogP contribution in [0.5, 0.6) is 0 Å². The summed E-state index contributed by atoms with van der Waals surface area (Å²) < 4.78 is 5.82. The van der Waals surface area contributed by atoms with E-state index < -0.39 is 0 Å². The molecule has 1 fully saturated rings. The number of furan rings is 1. The average Bonchev–Trinajstić information content (AvgIpc) is 3.09. The summed E-state index contributed by atoms with van der Waals surface area (Å²) in [5.41, 5.74) is 9.51. The highest BCUT2D eigenvalue weighted by Gasteiger charge is 2.30. The largest absolute Gasteiger partial charge is 0.459 e. The maximum atomic E-state index is 5.82. The van der Waals surface area contributed by atoms with Crippen LogP contribution in [0.1, 0.15) is 42.6 Å². The van der Waals surface area contributed by atoms with Gasteiger partial charge in [-0.05, 0) is 42.9 Å². The molecule has 0 bridgehead atoms. The minimum absolute atomic E-state index is 0.516. The van der Waals surface area contributed by atoms with Gasteiger partial charge in [-0.3, -0.25) is 0 Å². The molecule has 1 aromatic heterocycles. The van der Waals surface area contributed by atoms with E-state index in [9.17, 15) is 0 Å². The third kappa shape index (κ3) is 1.45. The minimum Gasteiger partial charge on any atom is -0.459 e. The number of benzene rings is 1. The molecule has 0 radical (unpaired) electrons. The normalized spacial score (nSPS) is 15.9. The first kappa shape index (κ1) is 9.91. The number of aryl methyl sites for hydroxylation is 1. The Labute approximate surface area is 95.4 Å². The molecule has 1 aliphatic carbocycles. The number of hydrogen-bond donors (Lipinski definition) is 1. The molecule has 3 rings (SSSR count). The first-order valence-corrected chi connectivity index (χ1v) is 6.07. The summed E-state index contributed by atoms with van der Waals surface area (Å²) in [4.78, 5) is 0. The SMILES string of the molecule is CCc1ccc2oc(CN)c(C3CC3)c2c1. The Morgan fingerprint density at radius 2 is 2.19 bits per heavy atom. The second kappa shape index (κ2) is 3.63. The van der Waals surface area contributed by atoms with Gasteiger partial charge in [-0.1, -0.05) is 13.0 Å². The van der Waals surface area contributed by atoms with Gasteiger partial charge in [-0.15, -0.1) is 0 Å². The molecule has 1 aliphatic rings. The van der Waals surface area contributed by atoms with E-state index in [0.717, 1.165) is 17.8 Å². The van der Waals surface area contributed by atoms with Gasteiger partial charge in [0.2, 0.25) is 0 Å². The van der Waals surface area contributed by atoms with Gasteiger partial charge >= 0.3 is 0 Å². The average molecular weight is 215 g/mol. The lowest BCUT2D eigenvalue weighted by Crippen LogP contribution is -1.97. The Morgan fingerprint density at radius 1 is 1.38 bits per heavy atom. The summed E-state index contributed by atoms with van der Waals surface area (Å²) in [6, 6.07) is 6.49. The third-order valence-electron chi connectivity index (χ3n) is 3.45. The fraction of sp³-hybridized carbons (Fsp3) is 0.429. The number of rotatable bonds is 3. The van der Waals surface area contributed by atoms with Crippen LogP contribution in [0.15, 0.2) is 22.6 Å². The Bertz CT molecular complexity index is 523. The predicted molar refractivity (Wildman–Crippen MR) is 65.5 cm³/mol. The van der Waals surface area contributed by atoms with Gasteiger partial charge in [0.15, 0.2) is 0 Å².